The molecule has 0 aliphatic carbocycles. The third kappa shape index (κ3) is 3.75. The van der Waals surface area contributed by atoms with Crippen LogP contribution in [0.5, 0.6) is 0 Å². The summed E-state index contributed by atoms with van der Waals surface area (Å²) in [5.74, 6) is 0. The molecular formula is C10H14BrNO3S2. The number of sulfonamides is 1. The first kappa shape index (κ1) is 13.5. The van der Waals surface area contributed by atoms with E-state index in [9.17, 15) is 8.42 Å². The second-order valence-electron chi connectivity index (χ2n) is 3.88. The van der Waals surface area contributed by atoms with Crippen LogP contribution in [0.4, 0.5) is 0 Å². The van der Waals surface area contributed by atoms with Crippen molar-refractivity contribution in [3.63, 3.8) is 0 Å². The number of halogens is 1. The first-order valence-corrected chi connectivity index (χ1v) is 8.54. The lowest BCUT2D eigenvalue weighted by molar-refractivity contribution is 0.105. The fourth-order valence-corrected chi connectivity index (χ4v) is 4.84. The van der Waals surface area contributed by atoms with Gasteiger partial charge in [0.25, 0.3) is 0 Å². The molecular weight excluding hydrogens is 326 g/mol. The molecule has 2 rings (SSSR count). The molecule has 96 valence electrons. The standard InChI is InChI=1S/C10H14BrNO3S2/c11-9-3-4-10(16-9)17(13,14)12-6-5-8-2-1-7-15-8/h3-4,8,12H,1-2,5-7H2/t8-/m1/s1. The van der Waals surface area contributed by atoms with Crippen molar-refractivity contribution in [2.24, 2.45) is 0 Å². The molecule has 0 saturated carbocycles. The molecule has 2 heterocycles. The summed E-state index contributed by atoms with van der Waals surface area (Å²) >= 11 is 4.47. The van der Waals surface area contributed by atoms with E-state index in [-0.39, 0.29) is 6.10 Å². The maximum atomic E-state index is 11.9. The summed E-state index contributed by atoms with van der Waals surface area (Å²) in [7, 11) is -3.35. The Bertz CT molecular complexity index is 466. The third-order valence-electron chi connectivity index (χ3n) is 2.60. The summed E-state index contributed by atoms with van der Waals surface area (Å²) in [5.41, 5.74) is 0. The van der Waals surface area contributed by atoms with E-state index in [1.807, 2.05) is 0 Å². The minimum atomic E-state index is -3.35. The zero-order valence-electron chi connectivity index (χ0n) is 9.19. The van der Waals surface area contributed by atoms with Crippen LogP contribution in [0.15, 0.2) is 20.1 Å². The molecule has 0 spiro atoms. The second kappa shape index (κ2) is 5.79. The Morgan fingerprint density at radius 2 is 2.35 bits per heavy atom. The highest BCUT2D eigenvalue weighted by molar-refractivity contribution is 9.11. The van der Waals surface area contributed by atoms with Gasteiger partial charge in [0.15, 0.2) is 0 Å². The number of nitrogens with one attached hydrogen (secondary N) is 1. The van der Waals surface area contributed by atoms with Crippen LogP contribution in [0, 0.1) is 0 Å². The smallest absolute Gasteiger partial charge is 0.250 e. The maximum Gasteiger partial charge on any atom is 0.250 e. The summed E-state index contributed by atoms with van der Waals surface area (Å²) < 4.78 is 32.9. The topological polar surface area (TPSA) is 55.4 Å². The molecule has 1 aliphatic rings. The van der Waals surface area contributed by atoms with Gasteiger partial charge in [0.05, 0.1) is 9.89 Å². The van der Waals surface area contributed by atoms with Crippen molar-refractivity contribution in [3.05, 3.63) is 15.9 Å². The number of hydrogen-bond donors (Lipinski definition) is 1. The van der Waals surface area contributed by atoms with Crippen molar-refractivity contribution in [1.29, 1.82) is 0 Å². The summed E-state index contributed by atoms with van der Waals surface area (Å²) in [5, 5.41) is 0. The lowest BCUT2D eigenvalue weighted by Crippen LogP contribution is -2.26. The molecule has 0 radical (unpaired) electrons. The van der Waals surface area contributed by atoms with Crippen LogP contribution >= 0.6 is 27.3 Å². The third-order valence-corrected chi connectivity index (χ3v) is 6.17. The molecule has 1 aromatic heterocycles. The Hall–Kier alpha value is 0.0500. The van der Waals surface area contributed by atoms with Crippen LogP contribution in [-0.4, -0.2) is 27.7 Å². The minimum Gasteiger partial charge on any atom is -0.378 e. The highest BCUT2D eigenvalue weighted by Gasteiger charge is 2.19. The van der Waals surface area contributed by atoms with Gasteiger partial charge < -0.3 is 4.74 Å². The molecule has 0 bridgehead atoms. The molecule has 17 heavy (non-hydrogen) atoms. The first-order chi connectivity index (χ1) is 8.08. The Morgan fingerprint density at radius 1 is 1.53 bits per heavy atom. The molecule has 1 fully saturated rings. The van der Waals surface area contributed by atoms with Crippen molar-refractivity contribution < 1.29 is 13.2 Å². The molecule has 1 atom stereocenters. The van der Waals surface area contributed by atoms with Crippen molar-refractivity contribution in [2.45, 2.75) is 29.6 Å². The summed E-state index contributed by atoms with van der Waals surface area (Å²) in [6.07, 6.45) is 3.07. The van der Waals surface area contributed by atoms with Gasteiger partial charge in [0.2, 0.25) is 10.0 Å². The predicted molar refractivity (Wildman–Crippen MR) is 70.8 cm³/mol. The van der Waals surface area contributed by atoms with Gasteiger partial charge in [-0.3, -0.25) is 0 Å². The molecule has 4 nitrogen and oxygen atoms in total. The molecule has 0 unspecified atom stereocenters. The molecule has 1 N–H and O–H groups in total. The van der Waals surface area contributed by atoms with Crippen LogP contribution in [0.1, 0.15) is 19.3 Å². The van der Waals surface area contributed by atoms with Crippen molar-refractivity contribution in [3.8, 4) is 0 Å². The number of ether oxygens (including phenoxy) is 1. The van der Waals surface area contributed by atoms with E-state index < -0.39 is 10.0 Å². The highest BCUT2D eigenvalue weighted by Crippen LogP contribution is 2.25. The zero-order valence-corrected chi connectivity index (χ0v) is 12.4. The van der Waals surface area contributed by atoms with Crippen LogP contribution in [0.3, 0.4) is 0 Å². The number of hydrogen-bond acceptors (Lipinski definition) is 4. The van der Waals surface area contributed by atoms with Gasteiger partial charge in [-0.15, -0.1) is 11.3 Å². The van der Waals surface area contributed by atoms with Crippen LogP contribution in [0.2, 0.25) is 0 Å². The highest BCUT2D eigenvalue weighted by atomic mass is 79.9. The van der Waals surface area contributed by atoms with Gasteiger partial charge in [0.1, 0.15) is 4.21 Å². The molecule has 1 aromatic rings. The molecule has 0 aromatic carbocycles. The van der Waals surface area contributed by atoms with E-state index in [2.05, 4.69) is 20.7 Å². The fourth-order valence-electron chi connectivity index (χ4n) is 1.74. The van der Waals surface area contributed by atoms with Crippen LogP contribution in [-0.2, 0) is 14.8 Å². The Morgan fingerprint density at radius 3 is 2.94 bits per heavy atom. The second-order valence-corrected chi connectivity index (χ2v) is 8.34. The Balaban J connectivity index is 1.85. The minimum absolute atomic E-state index is 0.216. The average molecular weight is 340 g/mol. The normalized spacial score (nSPS) is 20.9. The monoisotopic (exact) mass is 339 g/mol. The van der Waals surface area contributed by atoms with E-state index in [4.69, 9.17) is 4.74 Å². The Labute approximate surface area is 114 Å². The van der Waals surface area contributed by atoms with E-state index in [0.29, 0.717) is 10.8 Å². The van der Waals surface area contributed by atoms with Crippen molar-refractivity contribution in [1.82, 2.24) is 4.72 Å². The first-order valence-electron chi connectivity index (χ1n) is 5.44. The van der Waals surface area contributed by atoms with Gasteiger partial charge in [-0.1, -0.05) is 0 Å². The average Bonchev–Trinajstić information content (AvgIpc) is 2.89. The molecule has 1 saturated heterocycles. The lowest BCUT2D eigenvalue weighted by Gasteiger charge is -2.09. The molecule has 0 amide bonds. The van der Waals surface area contributed by atoms with E-state index >= 15 is 0 Å². The lowest BCUT2D eigenvalue weighted by atomic mass is 10.2. The van der Waals surface area contributed by atoms with E-state index in [1.165, 1.54) is 11.3 Å². The number of rotatable bonds is 5. The maximum absolute atomic E-state index is 11.9. The largest absolute Gasteiger partial charge is 0.378 e. The van der Waals surface area contributed by atoms with Gasteiger partial charge in [-0.05, 0) is 47.3 Å². The predicted octanol–water partition coefficient (Wildman–Crippen LogP) is 2.36. The summed E-state index contributed by atoms with van der Waals surface area (Å²) in [6, 6.07) is 3.34. The van der Waals surface area contributed by atoms with Crippen molar-refractivity contribution in [2.75, 3.05) is 13.2 Å². The molecule has 1 aliphatic heterocycles. The SMILES string of the molecule is O=S(=O)(NCC[C@H]1CCCO1)c1ccc(Br)s1. The van der Waals surface area contributed by atoms with E-state index in [1.54, 1.807) is 12.1 Å². The van der Waals surface area contributed by atoms with Gasteiger partial charge in [-0.25, -0.2) is 13.1 Å². The van der Waals surface area contributed by atoms with Crippen LogP contribution in [0.25, 0.3) is 0 Å². The van der Waals surface area contributed by atoms with Gasteiger partial charge in [0, 0.05) is 13.2 Å². The summed E-state index contributed by atoms with van der Waals surface area (Å²) in [4.78, 5) is 0. The quantitative estimate of drug-likeness (QED) is 0.895. The molecule has 7 heteroatoms. The fraction of sp³-hybridized carbons (Fsp3) is 0.600. The van der Waals surface area contributed by atoms with E-state index in [0.717, 1.165) is 29.7 Å². The van der Waals surface area contributed by atoms with Gasteiger partial charge >= 0.3 is 0 Å². The number of thiophene rings is 1. The zero-order chi connectivity index (χ0) is 12.3. The Kier molecular flexibility index (Phi) is 4.59. The van der Waals surface area contributed by atoms with Crippen molar-refractivity contribution >= 4 is 37.3 Å². The van der Waals surface area contributed by atoms with Gasteiger partial charge in [-0.2, -0.15) is 0 Å². The van der Waals surface area contributed by atoms with Crippen LogP contribution < -0.4 is 4.72 Å². The summed E-state index contributed by atoms with van der Waals surface area (Å²) in [6.45, 7) is 1.23.